The summed E-state index contributed by atoms with van der Waals surface area (Å²) in [6.07, 6.45) is 3.93. The monoisotopic (exact) mass is 259 g/mol. The van der Waals surface area contributed by atoms with Crippen molar-refractivity contribution in [3.8, 4) is 11.8 Å². The molecule has 1 atom stereocenters. The van der Waals surface area contributed by atoms with Gasteiger partial charge >= 0.3 is 0 Å². The molecule has 0 saturated carbocycles. The van der Waals surface area contributed by atoms with E-state index in [0.717, 1.165) is 17.7 Å². The second kappa shape index (κ2) is 6.44. The molecule has 4 nitrogen and oxygen atoms in total. The summed E-state index contributed by atoms with van der Waals surface area (Å²) in [5.74, 6) is 0.806. The van der Waals surface area contributed by atoms with Gasteiger partial charge in [-0.25, -0.2) is 0 Å². The van der Waals surface area contributed by atoms with Crippen LogP contribution in [-0.2, 0) is 6.42 Å². The molecule has 1 unspecified atom stereocenters. The van der Waals surface area contributed by atoms with Gasteiger partial charge in [0.1, 0.15) is 5.75 Å². The van der Waals surface area contributed by atoms with Gasteiger partial charge in [0.2, 0.25) is 0 Å². The molecule has 1 fully saturated rings. The fourth-order valence-corrected chi connectivity index (χ4v) is 2.57. The summed E-state index contributed by atoms with van der Waals surface area (Å²) in [5, 5.41) is 8.73. The largest absolute Gasteiger partial charge is 0.494 e. The maximum Gasteiger partial charge on any atom is 0.119 e. The number of ether oxygens (including phenoxy) is 1. The first kappa shape index (κ1) is 13.7. The van der Waals surface area contributed by atoms with Gasteiger partial charge in [-0.3, -0.25) is 0 Å². The highest BCUT2D eigenvalue weighted by molar-refractivity contribution is 5.51. The molecule has 0 aromatic heterocycles. The highest BCUT2D eigenvalue weighted by Gasteiger charge is 2.20. The Labute approximate surface area is 114 Å². The number of hydrogen-bond donors (Lipinski definition) is 1. The third-order valence-corrected chi connectivity index (χ3v) is 3.78. The van der Waals surface area contributed by atoms with Crippen LogP contribution in [0.5, 0.6) is 5.75 Å². The number of nitrogens with two attached hydrogens (primary N) is 1. The SMILES string of the molecule is CN1CCCC1CCOc1ccc(N)c(CC#N)c1. The van der Waals surface area contributed by atoms with Crippen LogP contribution >= 0.6 is 0 Å². The Hall–Kier alpha value is -1.73. The lowest BCUT2D eigenvalue weighted by atomic mass is 10.1. The van der Waals surface area contributed by atoms with Crippen molar-refractivity contribution in [3.05, 3.63) is 23.8 Å². The minimum atomic E-state index is 0.328. The van der Waals surface area contributed by atoms with Crippen LogP contribution in [0.25, 0.3) is 0 Å². The Morgan fingerprint density at radius 2 is 2.37 bits per heavy atom. The molecule has 0 radical (unpaired) electrons. The number of nitriles is 1. The van der Waals surface area contributed by atoms with Crippen molar-refractivity contribution in [2.24, 2.45) is 0 Å². The van der Waals surface area contributed by atoms with Gasteiger partial charge in [0.15, 0.2) is 0 Å². The number of nitrogens with zero attached hydrogens (tertiary/aromatic N) is 2. The zero-order chi connectivity index (χ0) is 13.7. The van der Waals surface area contributed by atoms with Crippen LogP contribution in [0.3, 0.4) is 0 Å². The summed E-state index contributed by atoms with van der Waals surface area (Å²) in [6, 6.07) is 8.31. The number of rotatable bonds is 5. The van der Waals surface area contributed by atoms with Gasteiger partial charge in [-0.1, -0.05) is 0 Å². The Morgan fingerprint density at radius 3 is 3.05 bits per heavy atom. The van der Waals surface area contributed by atoms with Crippen LogP contribution in [0.15, 0.2) is 18.2 Å². The molecule has 2 N–H and O–H groups in total. The van der Waals surface area contributed by atoms with Crippen LogP contribution in [-0.4, -0.2) is 31.1 Å². The van der Waals surface area contributed by atoms with Gasteiger partial charge in [-0.05, 0) is 56.6 Å². The summed E-state index contributed by atoms with van der Waals surface area (Å²) in [6.45, 7) is 1.91. The van der Waals surface area contributed by atoms with Crippen molar-refractivity contribution in [2.45, 2.75) is 31.7 Å². The fourth-order valence-electron chi connectivity index (χ4n) is 2.57. The van der Waals surface area contributed by atoms with Gasteiger partial charge in [0, 0.05) is 11.7 Å². The third-order valence-electron chi connectivity index (χ3n) is 3.78. The van der Waals surface area contributed by atoms with Gasteiger partial charge in [0.05, 0.1) is 19.1 Å². The van der Waals surface area contributed by atoms with E-state index in [0.29, 0.717) is 24.8 Å². The molecule has 2 rings (SSSR count). The van der Waals surface area contributed by atoms with E-state index in [9.17, 15) is 0 Å². The van der Waals surface area contributed by atoms with Gasteiger partial charge in [-0.2, -0.15) is 5.26 Å². The van der Waals surface area contributed by atoms with Crippen molar-refractivity contribution in [2.75, 3.05) is 25.9 Å². The van der Waals surface area contributed by atoms with E-state index in [1.807, 2.05) is 18.2 Å². The van der Waals surface area contributed by atoms with Gasteiger partial charge in [-0.15, -0.1) is 0 Å². The number of benzene rings is 1. The minimum Gasteiger partial charge on any atom is -0.494 e. The predicted molar refractivity (Wildman–Crippen MR) is 75.9 cm³/mol. The molecule has 0 aliphatic carbocycles. The minimum absolute atomic E-state index is 0.328. The summed E-state index contributed by atoms with van der Waals surface area (Å²) in [5.41, 5.74) is 7.31. The van der Waals surface area contributed by atoms with Crippen LogP contribution in [0.2, 0.25) is 0 Å². The van der Waals surface area contributed by atoms with Crippen molar-refractivity contribution < 1.29 is 4.74 Å². The highest BCUT2D eigenvalue weighted by atomic mass is 16.5. The molecule has 1 aliphatic heterocycles. The third kappa shape index (κ3) is 3.62. The quantitative estimate of drug-likeness (QED) is 0.823. The second-order valence-electron chi connectivity index (χ2n) is 5.11. The highest BCUT2D eigenvalue weighted by Crippen LogP contribution is 2.22. The average Bonchev–Trinajstić information content (AvgIpc) is 2.79. The lowest BCUT2D eigenvalue weighted by Gasteiger charge is -2.19. The van der Waals surface area contributed by atoms with E-state index in [-0.39, 0.29) is 0 Å². The van der Waals surface area contributed by atoms with Crippen LogP contribution in [0.4, 0.5) is 5.69 Å². The van der Waals surface area contributed by atoms with Crippen molar-refractivity contribution in [1.82, 2.24) is 4.90 Å². The molecule has 102 valence electrons. The van der Waals surface area contributed by atoms with Crippen molar-refractivity contribution >= 4 is 5.69 Å². The number of likely N-dealkylation sites (tertiary alicyclic amines) is 1. The molecule has 1 aromatic rings. The Morgan fingerprint density at radius 1 is 1.53 bits per heavy atom. The van der Waals surface area contributed by atoms with E-state index in [4.69, 9.17) is 15.7 Å². The number of anilines is 1. The Balaban J connectivity index is 1.86. The Bertz CT molecular complexity index is 467. The maximum absolute atomic E-state index is 8.73. The molecule has 4 heteroatoms. The van der Waals surface area contributed by atoms with Crippen molar-refractivity contribution in [3.63, 3.8) is 0 Å². The van der Waals surface area contributed by atoms with E-state index in [1.54, 1.807) is 0 Å². The summed E-state index contributed by atoms with van der Waals surface area (Å²) < 4.78 is 5.77. The van der Waals surface area contributed by atoms with Gasteiger partial charge in [0.25, 0.3) is 0 Å². The second-order valence-corrected chi connectivity index (χ2v) is 5.11. The molecule has 0 bridgehead atoms. The lowest BCUT2D eigenvalue weighted by molar-refractivity contribution is 0.233. The summed E-state index contributed by atoms with van der Waals surface area (Å²) >= 11 is 0. The van der Waals surface area contributed by atoms with Crippen LogP contribution < -0.4 is 10.5 Å². The first-order valence-corrected chi connectivity index (χ1v) is 6.79. The molecule has 0 spiro atoms. The topological polar surface area (TPSA) is 62.3 Å². The molecule has 1 heterocycles. The fraction of sp³-hybridized carbons (Fsp3) is 0.533. The predicted octanol–water partition coefficient (Wildman–Crippen LogP) is 2.20. The van der Waals surface area contributed by atoms with E-state index in [2.05, 4.69) is 18.0 Å². The van der Waals surface area contributed by atoms with E-state index < -0.39 is 0 Å². The zero-order valence-corrected chi connectivity index (χ0v) is 11.4. The molecule has 1 aliphatic rings. The first-order chi connectivity index (χ1) is 9.20. The molecular formula is C15H21N3O. The lowest BCUT2D eigenvalue weighted by Crippen LogP contribution is -2.26. The molecule has 0 amide bonds. The maximum atomic E-state index is 8.73. The van der Waals surface area contributed by atoms with E-state index in [1.165, 1.54) is 19.4 Å². The Kier molecular flexibility index (Phi) is 4.64. The molecule has 1 saturated heterocycles. The smallest absolute Gasteiger partial charge is 0.119 e. The van der Waals surface area contributed by atoms with Crippen molar-refractivity contribution in [1.29, 1.82) is 5.26 Å². The van der Waals surface area contributed by atoms with Gasteiger partial charge < -0.3 is 15.4 Å². The average molecular weight is 259 g/mol. The first-order valence-electron chi connectivity index (χ1n) is 6.79. The summed E-state index contributed by atoms with van der Waals surface area (Å²) in [7, 11) is 2.17. The van der Waals surface area contributed by atoms with Crippen LogP contribution in [0, 0.1) is 11.3 Å². The zero-order valence-electron chi connectivity index (χ0n) is 11.4. The molecule has 19 heavy (non-hydrogen) atoms. The number of hydrogen-bond acceptors (Lipinski definition) is 4. The van der Waals surface area contributed by atoms with E-state index >= 15 is 0 Å². The molecule has 1 aromatic carbocycles. The summed E-state index contributed by atoms with van der Waals surface area (Å²) in [4.78, 5) is 2.40. The normalized spacial score (nSPS) is 19.3. The standard InChI is InChI=1S/C15H21N3O/c1-18-9-2-3-13(18)7-10-19-14-4-5-15(17)12(11-14)6-8-16/h4-5,11,13H,2-3,6-7,9-10,17H2,1H3. The number of nitrogen functional groups attached to an aromatic ring is 1. The van der Waals surface area contributed by atoms with Crippen LogP contribution in [0.1, 0.15) is 24.8 Å². The molecular weight excluding hydrogens is 238 g/mol.